The minimum atomic E-state index is -3.35. The van der Waals surface area contributed by atoms with Gasteiger partial charge in [0, 0.05) is 29.9 Å². The number of benzene rings is 2. The van der Waals surface area contributed by atoms with E-state index in [1.54, 1.807) is 37.3 Å². The van der Waals surface area contributed by atoms with Crippen LogP contribution < -0.4 is 5.32 Å². The number of carboxylic acids is 1. The second-order valence-electron chi connectivity index (χ2n) is 9.24. The van der Waals surface area contributed by atoms with Crippen molar-refractivity contribution >= 4 is 33.3 Å². The Morgan fingerprint density at radius 3 is 2.30 bits per heavy atom. The van der Waals surface area contributed by atoms with Gasteiger partial charge in [0.25, 0.3) is 11.8 Å². The van der Waals surface area contributed by atoms with Crippen molar-refractivity contribution in [3.05, 3.63) is 77.1 Å². The number of carbonyl (C=O) groups is 3. The highest BCUT2D eigenvalue weighted by Crippen LogP contribution is 2.27. The third-order valence-electron chi connectivity index (χ3n) is 6.64. The number of nitrogens with zero attached hydrogens (tertiary/aromatic N) is 2. The molecule has 2 heterocycles. The van der Waals surface area contributed by atoms with E-state index in [1.165, 1.54) is 29.2 Å². The molecule has 2 aromatic carbocycles. The quantitative estimate of drug-likeness (QED) is 0.506. The van der Waals surface area contributed by atoms with Gasteiger partial charge in [-0.3, -0.25) is 9.59 Å². The molecule has 1 unspecified atom stereocenters. The minimum absolute atomic E-state index is 0.156. The number of carboxylic acid groups (broad SMARTS) is 1. The van der Waals surface area contributed by atoms with Crippen molar-refractivity contribution in [1.29, 1.82) is 0 Å². The van der Waals surface area contributed by atoms with Crippen molar-refractivity contribution in [1.82, 2.24) is 9.47 Å². The zero-order chi connectivity index (χ0) is 26.9. The first-order valence-electron chi connectivity index (χ1n) is 11.9. The number of nitrogens with one attached hydrogen (secondary N) is 1. The van der Waals surface area contributed by atoms with Crippen LogP contribution in [0.25, 0.3) is 5.69 Å². The van der Waals surface area contributed by atoms with E-state index in [4.69, 9.17) is 0 Å². The Morgan fingerprint density at radius 1 is 0.973 bits per heavy atom. The number of likely N-dealkylation sites (tertiary alicyclic amines) is 1. The standard InChI is InChI=1S/C27H29N3O6S/c1-17-16-22(25(31)28-19-11-13-20(14-12-19)37(3,35)36)18(2)30(17)23-9-5-4-8-21(23)26(32)29-15-7-6-10-24(29)27(33)34/h4-5,8-9,11-14,16,24H,6-7,10,15H2,1-3H3,(H,28,31)(H,33,34). The lowest BCUT2D eigenvalue weighted by Gasteiger charge is -2.33. The molecule has 1 saturated heterocycles. The number of hydrogen-bond donors (Lipinski definition) is 2. The molecule has 1 aliphatic rings. The number of amides is 2. The van der Waals surface area contributed by atoms with Crippen LogP contribution >= 0.6 is 0 Å². The van der Waals surface area contributed by atoms with Crippen LogP contribution in [0.15, 0.2) is 59.5 Å². The topological polar surface area (TPSA) is 126 Å². The zero-order valence-corrected chi connectivity index (χ0v) is 21.7. The van der Waals surface area contributed by atoms with E-state index in [0.29, 0.717) is 41.2 Å². The van der Waals surface area contributed by atoms with E-state index in [-0.39, 0.29) is 16.7 Å². The Morgan fingerprint density at radius 2 is 1.65 bits per heavy atom. The predicted molar refractivity (Wildman–Crippen MR) is 139 cm³/mol. The first-order valence-corrected chi connectivity index (χ1v) is 13.8. The monoisotopic (exact) mass is 523 g/mol. The Balaban J connectivity index is 1.66. The molecule has 0 bridgehead atoms. The van der Waals surface area contributed by atoms with Crippen LogP contribution in [0.3, 0.4) is 0 Å². The predicted octanol–water partition coefficient (Wildman–Crippen LogP) is 3.83. The minimum Gasteiger partial charge on any atom is -0.480 e. The molecule has 1 atom stereocenters. The Labute approximate surface area is 215 Å². The Kier molecular flexibility index (Phi) is 7.22. The molecular weight excluding hydrogens is 494 g/mol. The van der Waals surface area contributed by atoms with E-state index in [2.05, 4.69) is 5.32 Å². The number of aryl methyl sites for hydroxylation is 1. The summed E-state index contributed by atoms with van der Waals surface area (Å²) in [6, 6.07) is 13.7. The normalized spacial score (nSPS) is 15.9. The first kappa shape index (κ1) is 26.2. The Hall–Kier alpha value is -3.92. The largest absolute Gasteiger partial charge is 0.480 e. The van der Waals surface area contributed by atoms with E-state index in [1.807, 2.05) is 11.5 Å². The van der Waals surface area contributed by atoms with Gasteiger partial charge in [0.15, 0.2) is 9.84 Å². The first-order chi connectivity index (χ1) is 17.5. The van der Waals surface area contributed by atoms with Crippen LogP contribution in [0, 0.1) is 13.8 Å². The third kappa shape index (κ3) is 5.29. The maximum absolute atomic E-state index is 13.5. The fraction of sp³-hybridized carbons (Fsp3) is 0.296. The summed E-state index contributed by atoms with van der Waals surface area (Å²) in [6.45, 7) is 3.98. The van der Waals surface area contributed by atoms with Gasteiger partial charge in [-0.1, -0.05) is 12.1 Å². The lowest BCUT2D eigenvalue weighted by molar-refractivity contribution is -0.143. The van der Waals surface area contributed by atoms with Gasteiger partial charge in [0.05, 0.1) is 21.7 Å². The van der Waals surface area contributed by atoms with Crippen LogP contribution in [-0.4, -0.2) is 59.6 Å². The molecule has 2 amide bonds. The van der Waals surface area contributed by atoms with Crippen LogP contribution in [0.4, 0.5) is 5.69 Å². The number of anilines is 1. The number of rotatable bonds is 6. The molecule has 4 rings (SSSR count). The molecule has 1 fully saturated rings. The van der Waals surface area contributed by atoms with Gasteiger partial charge < -0.3 is 19.9 Å². The summed E-state index contributed by atoms with van der Waals surface area (Å²) in [6.07, 6.45) is 3.04. The highest BCUT2D eigenvalue weighted by atomic mass is 32.2. The molecule has 1 aromatic heterocycles. The van der Waals surface area contributed by atoms with E-state index >= 15 is 0 Å². The van der Waals surface area contributed by atoms with Gasteiger partial charge in [-0.05, 0) is 75.6 Å². The summed E-state index contributed by atoms with van der Waals surface area (Å²) in [4.78, 5) is 40.0. The maximum atomic E-state index is 13.5. The van der Waals surface area contributed by atoms with Crippen LogP contribution in [-0.2, 0) is 14.6 Å². The van der Waals surface area contributed by atoms with Crippen LogP contribution in [0.1, 0.15) is 51.4 Å². The van der Waals surface area contributed by atoms with E-state index < -0.39 is 21.8 Å². The molecule has 9 nitrogen and oxygen atoms in total. The lowest BCUT2D eigenvalue weighted by atomic mass is 10.0. The molecule has 3 aromatic rings. The fourth-order valence-corrected chi connectivity index (χ4v) is 5.41. The number of carbonyl (C=O) groups excluding carboxylic acids is 2. The van der Waals surface area contributed by atoms with Gasteiger partial charge in [-0.2, -0.15) is 0 Å². The van der Waals surface area contributed by atoms with E-state index in [9.17, 15) is 27.9 Å². The van der Waals surface area contributed by atoms with Gasteiger partial charge in [0.2, 0.25) is 0 Å². The number of sulfone groups is 1. The molecule has 194 valence electrons. The van der Waals surface area contributed by atoms with Gasteiger partial charge in [-0.15, -0.1) is 0 Å². The molecule has 0 spiro atoms. The number of aliphatic carboxylic acids is 1. The zero-order valence-electron chi connectivity index (χ0n) is 20.9. The summed E-state index contributed by atoms with van der Waals surface area (Å²) in [7, 11) is -3.35. The van der Waals surface area contributed by atoms with Crippen LogP contribution in [0.2, 0.25) is 0 Å². The average molecular weight is 524 g/mol. The SMILES string of the molecule is Cc1cc(C(=O)Nc2ccc(S(C)(=O)=O)cc2)c(C)n1-c1ccccc1C(=O)N1CCCCC1C(=O)O. The van der Waals surface area contributed by atoms with Gasteiger partial charge in [0.1, 0.15) is 6.04 Å². The maximum Gasteiger partial charge on any atom is 0.326 e. The average Bonchev–Trinajstić information content (AvgIpc) is 3.17. The molecule has 1 aliphatic heterocycles. The molecule has 37 heavy (non-hydrogen) atoms. The second-order valence-corrected chi connectivity index (χ2v) is 11.3. The highest BCUT2D eigenvalue weighted by molar-refractivity contribution is 7.90. The number of aromatic nitrogens is 1. The molecule has 2 N–H and O–H groups in total. The van der Waals surface area contributed by atoms with Crippen molar-refractivity contribution in [2.24, 2.45) is 0 Å². The molecule has 0 saturated carbocycles. The van der Waals surface area contributed by atoms with Gasteiger partial charge in [-0.25, -0.2) is 13.2 Å². The van der Waals surface area contributed by atoms with Crippen molar-refractivity contribution in [3.8, 4) is 5.69 Å². The summed E-state index contributed by atoms with van der Waals surface area (Å²) in [5, 5.41) is 12.4. The van der Waals surface area contributed by atoms with Crippen LogP contribution in [0.5, 0.6) is 0 Å². The summed E-state index contributed by atoms with van der Waals surface area (Å²) in [5.41, 5.74) is 3.10. The van der Waals surface area contributed by atoms with Crippen molar-refractivity contribution < 1.29 is 27.9 Å². The molecule has 0 aliphatic carbocycles. The van der Waals surface area contributed by atoms with Crippen molar-refractivity contribution in [3.63, 3.8) is 0 Å². The molecule has 10 heteroatoms. The third-order valence-corrected chi connectivity index (χ3v) is 7.77. The Bertz CT molecular complexity index is 1470. The van der Waals surface area contributed by atoms with Crippen molar-refractivity contribution in [2.45, 2.75) is 44.0 Å². The summed E-state index contributed by atoms with van der Waals surface area (Å²) in [5.74, 6) is -1.74. The number of hydrogen-bond acceptors (Lipinski definition) is 5. The smallest absolute Gasteiger partial charge is 0.326 e. The fourth-order valence-electron chi connectivity index (χ4n) is 4.78. The highest BCUT2D eigenvalue weighted by Gasteiger charge is 2.33. The lowest BCUT2D eigenvalue weighted by Crippen LogP contribution is -2.48. The molecule has 0 radical (unpaired) electrons. The summed E-state index contributed by atoms with van der Waals surface area (Å²) < 4.78 is 25.2. The summed E-state index contributed by atoms with van der Waals surface area (Å²) >= 11 is 0. The number of piperidine rings is 1. The van der Waals surface area contributed by atoms with Gasteiger partial charge >= 0.3 is 5.97 Å². The van der Waals surface area contributed by atoms with Crippen molar-refractivity contribution in [2.75, 3.05) is 18.1 Å². The number of para-hydroxylation sites is 1. The second kappa shape index (κ2) is 10.2. The molecular formula is C27H29N3O6S. The van der Waals surface area contributed by atoms with E-state index in [0.717, 1.165) is 24.8 Å².